The minimum absolute atomic E-state index is 0.469. The van der Waals surface area contributed by atoms with Crippen molar-refractivity contribution < 1.29 is 9.47 Å². The van der Waals surface area contributed by atoms with E-state index >= 15 is 0 Å². The van der Waals surface area contributed by atoms with Crippen molar-refractivity contribution in [3.63, 3.8) is 0 Å². The first-order valence-corrected chi connectivity index (χ1v) is 8.36. The summed E-state index contributed by atoms with van der Waals surface area (Å²) < 4.78 is 11.1. The van der Waals surface area contributed by atoms with Crippen LogP contribution in [-0.4, -0.2) is 36.5 Å². The Morgan fingerprint density at radius 1 is 1.36 bits per heavy atom. The second-order valence-electron chi connectivity index (χ2n) is 5.42. The van der Waals surface area contributed by atoms with Crippen LogP contribution in [0.4, 0.5) is 5.82 Å². The highest BCUT2D eigenvalue weighted by Gasteiger charge is 2.13. The molecule has 0 aromatic carbocycles. The van der Waals surface area contributed by atoms with Crippen molar-refractivity contribution in [2.75, 3.05) is 25.6 Å². The number of ether oxygens (including phenoxy) is 2. The number of aromatic nitrogens is 1. The number of hydrogen-bond acceptors (Lipinski definition) is 4. The van der Waals surface area contributed by atoms with Gasteiger partial charge in [-0.05, 0) is 43.6 Å². The average molecular weight is 323 g/mol. The fraction of sp³-hybridized carbons (Fsp3) is 0.625. The molecule has 2 N–H and O–H groups in total. The Morgan fingerprint density at radius 3 is 2.95 bits per heavy atom. The van der Waals surface area contributed by atoms with Crippen LogP contribution in [0.15, 0.2) is 18.3 Å². The van der Waals surface area contributed by atoms with Crippen LogP contribution >= 0.6 is 12.2 Å². The summed E-state index contributed by atoms with van der Waals surface area (Å²) in [6.45, 7) is 1.57. The van der Waals surface area contributed by atoms with E-state index in [1.54, 1.807) is 13.3 Å². The van der Waals surface area contributed by atoms with E-state index in [1.807, 2.05) is 12.1 Å². The van der Waals surface area contributed by atoms with E-state index in [-0.39, 0.29) is 0 Å². The van der Waals surface area contributed by atoms with Crippen LogP contribution in [0.1, 0.15) is 38.5 Å². The molecule has 5 nitrogen and oxygen atoms in total. The Morgan fingerprint density at radius 2 is 2.18 bits per heavy atom. The number of nitrogens with zero attached hydrogens (tertiary/aromatic N) is 1. The van der Waals surface area contributed by atoms with E-state index in [2.05, 4.69) is 15.6 Å². The van der Waals surface area contributed by atoms with Gasteiger partial charge in [-0.3, -0.25) is 0 Å². The number of thiocarbonyl (C=S) groups is 1. The lowest BCUT2D eigenvalue weighted by molar-refractivity contribution is 0.0277. The molecule has 1 aliphatic rings. The van der Waals surface area contributed by atoms with Crippen molar-refractivity contribution in [1.29, 1.82) is 0 Å². The van der Waals surface area contributed by atoms with Gasteiger partial charge < -0.3 is 20.1 Å². The Hall–Kier alpha value is -1.40. The van der Waals surface area contributed by atoms with Crippen LogP contribution in [0.25, 0.3) is 0 Å². The maximum Gasteiger partial charge on any atom is 0.174 e. The molecule has 0 amide bonds. The summed E-state index contributed by atoms with van der Waals surface area (Å²) in [6, 6.07) is 3.67. The van der Waals surface area contributed by atoms with E-state index in [4.69, 9.17) is 21.7 Å². The molecule has 1 saturated carbocycles. The third kappa shape index (κ3) is 5.77. The van der Waals surface area contributed by atoms with Crippen molar-refractivity contribution in [1.82, 2.24) is 10.3 Å². The molecule has 0 unspecified atom stereocenters. The maximum absolute atomic E-state index is 5.88. The first-order valence-electron chi connectivity index (χ1n) is 7.95. The van der Waals surface area contributed by atoms with Crippen LogP contribution in [-0.2, 0) is 4.74 Å². The molecule has 1 aromatic heterocycles. The molecule has 1 fully saturated rings. The largest absolute Gasteiger partial charge is 0.493 e. The predicted octanol–water partition coefficient (Wildman–Crippen LogP) is 3.12. The summed E-state index contributed by atoms with van der Waals surface area (Å²) in [5.41, 5.74) is 0. The van der Waals surface area contributed by atoms with Crippen molar-refractivity contribution in [2.24, 2.45) is 0 Å². The fourth-order valence-electron chi connectivity index (χ4n) is 2.56. The number of anilines is 1. The number of nitrogens with one attached hydrogen (secondary N) is 2. The molecule has 0 spiro atoms. The molecule has 22 heavy (non-hydrogen) atoms. The van der Waals surface area contributed by atoms with Gasteiger partial charge in [0.15, 0.2) is 16.7 Å². The lowest BCUT2D eigenvalue weighted by atomic mass is 9.98. The van der Waals surface area contributed by atoms with Gasteiger partial charge in [-0.15, -0.1) is 0 Å². The summed E-state index contributed by atoms with van der Waals surface area (Å²) in [6.07, 6.45) is 9.52. The van der Waals surface area contributed by atoms with Gasteiger partial charge in [0, 0.05) is 19.3 Å². The minimum atomic E-state index is 0.469. The molecule has 0 saturated heterocycles. The molecule has 0 bridgehead atoms. The van der Waals surface area contributed by atoms with Gasteiger partial charge in [-0.25, -0.2) is 4.98 Å². The van der Waals surface area contributed by atoms with Gasteiger partial charge >= 0.3 is 0 Å². The number of methoxy groups -OCH3 is 1. The molecular weight excluding hydrogens is 298 g/mol. The highest BCUT2D eigenvalue weighted by Crippen LogP contribution is 2.20. The smallest absolute Gasteiger partial charge is 0.174 e. The number of hydrogen-bond donors (Lipinski definition) is 2. The number of rotatable bonds is 7. The average Bonchev–Trinajstić information content (AvgIpc) is 2.56. The molecule has 2 rings (SSSR count). The lowest BCUT2D eigenvalue weighted by Crippen LogP contribution is -2.30. The van der Waals surface area contributed by atoms with E-state index < -0.39 is 0 Å². The van der Waals surface area contributed by atoms with Gasteiger partial charge in [-0.1, -0.05) is 19.3 Å². The van der Waals surface area contributed by atoms with Crippen molar-refractivity contribution in [3.05, 3.63) is 18.3 Å². The van der Waals surface area contributed by atoms with Crippen molar-refractivity contribution in [3.8, 4) is 5.75 Å². The molecule has 1 aliphatic carbocycles. The van der Waals surface area contributed by atoms with Crippen molar-refractivity contribution >= 4 is 23.1 Å². The predicted molar refractivity (Wildman–Crippen MR) is 92.5 cm³/mol. The first-order chi connectivity index (χ1) is 10.8. The van der Waals surface area contributed by atoms with E-state index in [0.717, 1.165) is 19.6 Å². The molecule has 1 heterocycles. The van der Waals surface area contributed by atoms with Gasteiger partial charge in [0.25, 0.3) is 0 Å². The molecule has 0 atom stereocenters. The van der Waals surface area contributed by atoms with Gasteiger partial charge in [0.2, 0.25) is 0 Å². The summed E-state index contributed by atoms with van der Waals surface area (Å²) in [5.74, 6) is 1.30. The standard InChI is InChI=1S/C16H25N3O2S/c1-20-14-9-5-10-17-15(14)19-16(22)18-11-6-12-21-13-7-3-2-4-8-13/h5,9-10,13H,2-4,6-8,11-12H2,1H3,(H2,17,18,19,22). The Labute approximate surface area is 137 Å². The van der Waals surface area contributed by atoms with E-state index in [0.29, 0.717) is 22.8 Å². The van der Waals surface area contributed by atoms with E-state index in [1.165, 1.54) is 32.1 Å². The summed E-state index contributed by atoms with van der Waals surface area (Å²) in [5, 5.41) is 6.76. The second kappa shape index (κ2) is 9.58. The summed E-state index contributed by atoms with van der Waals surface area (Å²) in [7, 11) is 1.61. The normalized spacial score (nSPS) is 15.3. The van der Waals surface area contributed by atoms with Crippen LogP contribution < -0.4 is 15.4 Å². The van der Waals surface area contributed by atoms with Crippen LogP contribution in [0.2, 0.25) is 0 Å². The molecule has 1 aromatic rings. The third-order valence-electron chi connectivity index (χ3n) is 3.73. The van der Waals surface area contributed by atoms with Gasteiger partial charge in [-0.2, -0.15) is 0 Å². The van der Waals surface area contributed by atoms with E-state index in [9.17, 15) is 0 Å². The zero-order valence-electron chi connectivity index (χ0n) is 13.1. The highest BCUT2D eigenvalue weighted by molar-refractivity contribution is 7.80. The summed E-state index contributed by atoms with van der Waals surface area (Å²) >= 11 is 5.26. The minimum Gasteiger partial charge on any atom is -0.493 e. The van der Waals surface area contributed by atoms with Crippen LogP contribution in [0.3, 0.4) is 0 Å². The molecule has 0 radical (unpaired) electrons. The second-order valence-corrected chi connectivity index (χ2v) is 5.83. The molecule has 6 heteroatoms. The third-order valence-corrected chi connectivity index (χ3v) is 3.98. The van der Waals surface area contributed by atoms with Crippen molar-refractivity contribution in [2.45, 2.75) is 44.6 Å². The molecular formula is C16H25N3O2S. The quantitative estimate of drug-likeness (QED) is 0.594. The lowest BCUT2D eigenvalue weighted by Gasteiger charge is -2.22. The van der Waals surface area contributed by atoms with Crippen LogP contribution in [0, 0.1) is 0 Å². The summed E-state index contributed by atoms with van der Waals surface area (Å²) in [4.78, 5) is 4.21. The highest BCUT2D eigenvalue weighted by atomic mass is 32.1. The number of pyridine rings is 1. The molecule has 122 valence electrons. The van der Waals surface area contributed by atoms with Gasteiger partial charge in [0.1, 0.15) is 0 Å². The molecule has 0 aliphatic heterocycles. The fourth-order valence-corrected chi connectivity index (χ4v) is 2.76. The van der Waals surface area contributed by atoms with Gasteiger partial charge in [0.05, 0.1) is 13.2 Å². The maximum atomic E-state index is 5.88. The Balaban J connectivity index is 1.59. The topological polar surface area (TPSA) is 55.4 Å². The monoisotopic (exact) mass is 323 g/mol. The Kier molecular flexibility index (Phi) is 7.39. The zero-order valence-corrected chi connectivity index (χ0v) is 14.0. The zero-order chi connectivity index (χ0) is 15.6. The SMILES string of the molecule is COc1cccnc1NC(=S)NCCCOC1CCCCC1. The Bertz CT molecular complexity index is 464. The van der Waals surface area contributed by atoms with Crippen LogP contribution in [0.5, 0.6) is 5.75 Å². The first kappa shape index (κ1) is 17.0.